The molecule has 0 radical (unpaired) electrons. The van der Waals surface area contributed by atoms with Gasteiger partial charge < -0.3 is 10.6 Å². The van der Waals surface area contributed by atoms with Crippen LogP contribution in [-0.2, 0) is 4.79 Å². The third-order valence-corrected chi connectivity index (χ3v) is 5.70. The Morgan fingerprint density at radius 3 is 2.91 bits per heavy atom. The Labute approximate surface area is 151 Å². The second-order valence-corrected chi connectivity index (χ2v) is 7.32. The number of carbonyl (C=O) groups is 1. The van der Waals surface area contributed by atoms with Crippen molar-refractivity contribution in [2.45, 2.75) is 43.0 Å². The molecule has 1 amide bonds. The summed E-state index contributed by atoms with van der Waals surface area (Å²) in [5.74, 6) is 1.27. The number of benzene rings is 1. The van der Waals surface area contributed by atoms with E-state index in [1.807, 2.05) is 17.8 Å². The highest BCUT2D eigenvalue weighted by Crippen LogP contribution is 2.27. The summed E-state index contributed by atoms with van der Waals surface area (Å²) in [5.41, 5.74) is 0. The van der Waals surface area contributed by atoms with Gasteiger partial charge in [0, 0.05) is 28.4 Å². The molecule has 1 unspecified atom stereocenters. The van der Waals surface area contributed by atoms with Crippen molar-refractivity contribution in [3.8, 4) is 0 Å². The van der Waals surface area contributed by atoms with Crippen molar-refractivity contribution in [1.29, 1.82) is 0 Å². The number of nitrogens with one attached hydrogen (secondary N) is 2. The Morgan fingerprint density at radius 1 is 1.36 bits per heavy atom. The van der Waals surface area contributed by atoms with E-state index in [4.69, 9.17) is 0 Å². The number of rotatable bonds is 8. The SMILES string of the molecule is Cl.O=C(CC1CCCN1)NCCCCSc1ccccc1Br. The van der Waals surface area contributed by atoms with Crippen molar-refractivity contribution in [3.05, 3.63) is 28.7 Å². The molecular formula is C16H24BrClN2OS. The first-order valence-corrected chi connectivity index (χ1v) is 9.41. The van der Waals surface area contributed by atoms with Crippen molar-refractivity contribution >= 4 is 46.0 Å². The number of amides is 1. The van der Waals surface area contributed by atoms with Crippen LogP contribution in [-0.4, -0.2) is 30.8 Å². The molecule has 0 saturated carbocycles. The van der Waals surface area contributed by atoms with Gasteiger partial charge in [-0.2, -0.15) is 0 Å². The smallest absolute Gasteiger partial charge is 0.221 e. The van der Waals surface area contributed by atoms with Gasteiger partial charge in [-0.05, 0) is 66.0 Å². The number of hydrogen-bond donors (Lipinski definition) is 2. The Bertz CT molecular complexity index is 456. The van der Waals surface area contributed by atoms with Gasteiger partial charge in [0.15, 0.2) is 0 Å². The van der Waals surface area contributed by atoms with Gasteiger partial charge in [-0.15, -0.1) is 24.2 Å². The molecule has 1 atom stereocenters. The Balaban J connectivity index is 0.00000242. The largest absolute Gasteiger partial charge is 0.356 e. The van der Waals surface area contributed by atoms with Crippen LogP contribution in [0.1, 0.15) is 32.1 Å². The molecule has 22 heavy (non-hydrogen) atoms. The summed E-state index contributed by atoms with van der Waals surface area (Å²) >= 11 is 5.42. The van der Waals surface area contributed by atoms with Gasteiger partial charge in [0.1, 0.15) is 0 Å². The molecule has 0 aliphatic carbocycles. The lowest BCUT2D eigenvalue weighted by Gasteiger charge is -2.10. The zero-order valence-electron chi connectivity index (χ0n) is 12.6. The van der Waals surface area contributed by atoms with Crippen LogP contribution in [0, 0.1) is 0 Å². The molecule has 2 rings (SSSR count). The number of carbonyl (C=O) groups excluding carboxylic acids is 1. The van der Waals surface area contributed by atoms with E-state index in [1.54, 1.807) is 0 Å². The number of hydrogen-bond acceptors (Lipinski definition) is 3. The average Bonchev–Trinajstić information content (AvgIpc) is 2.97. The van der Waals surface area contributed by atoms with Crippen molar-refractivity contribution in [2.24, 2.45) is 0 Å². The van der Waals surface area contributed by atoms with E-state index >= 15 is 0 Å². The van der Waals surface area contributed by atoms with Gasteiger partial charge in [0.25, 0.3) is 0 Å². The van der Waals surface area contributed by atoms with Crippen LogP contribution < -0.4 is 10.6 Å². The summed E-state index contributed by atoms with van der Waals surface area (Å²) in [6.07, 6.45) is 5.13. The van der Waals surface area contributed by atoms with Gasteiger partial charge in [-0.25, -0.2) is 0 Å². The van der Waals surface area contributed by atoms with E-state index in [9.17, 15) is 4.79 Å². The second kappa shape index (κ2) is 11.3. The predicted octanol–water partition coefficient (Wildman–Crippen LogP) is 4.00. The zero-order valence-corrected chi connectivity index (χ0v) is 15.9. The molecule has 1 aliphatic rings. The van der Waals surface area contributed by atoms with Crippen LogP contribution >= 0.6 is 40.1 Å². The first-order chi connectivity index (χ1) is 10.3. The maximum Gasteiger partial charge on any atom is 0.221 e. The first-order valence-electron chi connectivity index (χ1n) is 7.63. The minimum Gasteiger partial charge on any atom is -0.356 e. The molecule has 124 valence electrons. The number of unbranched alkanes of at least 4 members (excludes halogenated alkanes) is 1. The highest BCUT2D eigenvalue weighted by Gasteiger charge is 2.16. The van der Waals surface area contributed by atoms with Crippen molar-refractivity contribution in [1.82, 2.24) is 10.6 Å². The van der Waals surface area contributed by atoms with E-state index < -0.39 is 0 Å². The second-order valence-electron chi connectivity index (χ2n) is 5.33. The molecule has 0 aromatic heterocycles. The van der Waals surface area contributed by atoms with Crippen molar-refractivity contribution in [2.75, 3.05) is 18.8 Å². The molecule has 6 heteroatoms. The molecule has 1 fully saturated rings. The highest BCUT2D eigenvalue weighted by atomic mass is 79.9. The lowest BCUT2D eigenvalue weighted by molar-refractivity contribution is -0.121. The molecular weight excluding hydrogens is 384 g/mol. The molecule has 1 aromatic carbocycles. The first kappa shape index (κ1) is 19.8. The predicted molar refractivity (Wildman–Crippen MR) is 100.0 cm³/mol. The minimum atomic E-state index is 0. The Hall–Kier alpha value is -0.230. The molecule has 1 aromatic rings. The van der Waals surface area contributed by atoms with E-state index in [0.29, 0.717) is 12.5 Å². The molecule has 1 heterocycles. The lowest BCUT2D eigenvalue weighted by atomic mass is 10.1. The van der Waals surface area contributed by atoms with Crippen molar-refractivity contribution < 1.29 is 4.79 Å². The topological polar surface area (TPSA) is 41.1 Å². The summed E-state index contributed by atoms with van der Waals surface area (Å²) in [4.78, 5) is 13.0. The molecule has 0 bridgehead atoms. The van der Waals surface area contributed by atoms with Gasteiger partial charge in [0.05, 0.1) is 0 Å². The van der Waals surface area contributed by atoms with Gasteiger partial charge in [0.2, 0.25) is 5.91 Å². The van der Waals surface area contributed by atoms with E-state index in [2.05, 4.69) is 44.8 Å². The fourth-order valence-electron chi connectivity index (χ4n) is 2.43. The third kappa shape index (κ3) is 7.36. The zero-order chi connectivity index (χ0) is 14.9. The van der Waals surface area contributed by atoms with Gasteiger partial charge >= 0.3 is 0 Å². The van der Waals surface area contributed by atoms with Crippen LogP contribution in [0.5, 0.6) is 0 Å². The standard InChI is InChI=1S/C16H23BrN2OS.ClH/c17-14-7-1-2-8-15(14)21-11-4-3-9-19-16(20)12-13-6-5-10-18-13;/h1-2,7-8,13,18H,3-6,9-12H2,(H,19,20);1H. The summed E-state index contributed by atoms with van der Waals surface area (Å²) in [6.45, 7) is 1.85. The average molecular weight is 408 g/mol. The van der Waals surface area contributed by atoms with Crippen LogP contribution in [0.15, 0.2) is 33.6 Å². The fourth-order valence-corrected chi connectivity index (χ4v) is 4.00. The molecule has 1 saturated heterocycles. The summed E-state index contributed by atoms with van der Waals surface area (Å²) in [6, 6.07) is 8.69. The Kier molecular flexibility index (Phi) is 10.2. The number of thioether (sulfide) groups is 1. The fraction of sp³-hybridized carbons (Fsp3) is 0.562. The molecule has 2 N–H and O–H groups in total. The minimum absolute atomic E-state index is 0. The third-order valence-electron chi connectivity index (χ3n) is 3.58. The van der Waals surface area contributed by atoms with E-state index in [1.165, 1.54) is 11.3 Å². The van der Waals surface area contributed by atoms with Crippen LogP contribution in [0.4, 0.5) is 0 Å². The highest BCUT2D eigenvalue weighted by molar-refractivity contribution is 9.10. The summed E-state index contributed by atoms with van der Waals surface area (Å²) < 4.78 is 1.16. The summed E-state index contributed by atoms with van der Waals surface area (Å²) in [5, 5.41) is 6.38. The van der Waals surface area contributed by atoms with Crippen LogP contribution in [0.2, 0.25) is 0 Å². The quantitative estimate of drug-likeness (QED) is 0.505. The van der Waals surface area contributed by atoms with Crippen LogP contribution in [0.3, 0.4) is 0 Å². The maximum atomic E-state index is 11.7. The number of halogens is 2. The summed E-state index contributed by atoms with van der Waals surface area (Å²) in [7, 11) is 0. The molecule has 1 aliphatic heterocycles. The normalized spacial score (nSPS) is 17.0. The van der Waals surface area contributed by atoms with Gasteiger partial charge in [-0.1, -0.05) is 12.1 Å². The van der Waals surface area contributed by atoms with Gasteiger partial charge in [-0.3, -0.25) is 4.79 Å². The van der Waals surface area contributed by atoms with Crippen LogP contribution in [0.25, 0.3) is 0 Å². The molecule has 0 spiro atoms. The maximum absolute atomic E-state index is 11.7. The molecule has 3 nitrogen and oxygen atoms in total. The van der Waals surface area contributed by atoms with E-state index in [-0.39, 0.29) is 18.3 Å². The Morgan fingerprint density at radius 2 is 2.18 bits per heavy atom. The van der Waals surface area contributed by atoms with E-state index in [0.717, 1.165) is 42.6 Å². The lowest BCUT2D eigenvalue weighted by Crippen LogP contribution is -2.32. The monoisotopic (exact) mass is 406 g/mol. The van der Waals surface area contributed by atoms with Crippen molar-refractivity contribution in [3.63, 3.8) is 0 Å².